The number of phenols is 1. The maximum atomic E-state index is 13.9. The Balaban J connectivity index is 2.31. The Morgan fingerprint density at radius 1 is 1.17 bits per heavy atom. The summed E-state index contributed by atoms with van der Waals surface area (Å²) in [6.07, 6.45) is 0.712. The van der Waals surface area contributed by atoms with E-state index < -0.39 is 35.1 Å². The van der Waals surface area contributed by atoms with E-state index in [4.69, 9.17) is 9.94 Å². The summed E-state index contributed by atoms with van der Waals surface area (Å²) in [4.78, 5) is 23.8. The summed E-state index contributed by atoms with van der Waals surface area (Å²) in [5.41, 5.74) is 2.32. The van der Waals surface area contributed by atoms with Crippen LogP contribution in [0.3, 0.4) is 0 Å². The number of ether oxygens (including phenoxy) is 1. The number of anilines is 1. The third-order valence-corrected chi connectivity index (χ3v) is 4.25. The molecular weight excluding hydrogens is 379 g/mol. The third kappa shape index (κ3) is 6.05. The maximum Gasteiger partial charge on any atom is 0.412 e. The van der Waals surface area contributed by atoms with Gasteiger partial charge in [-0.05, 0) is 36.8 Å². The van der Waals surface area contributed by atoms with Gasteiger partial charge in [0.15, 0.2) is 11.6 Å². The van der Waals surface area contributed by atoms with Crippen molar-refractivity contribution in [2.24, 2.45) is 5.41 Å². The predicted molar refractivity (Wildman–Crippen MR) is 105 cm³/mol. The van der Waals surface area contributed by atoms with Crippen LogP contribution in [0.15, 0.2) is 54.6 Å². The number of aromatic hydroxyl groups is 1. The van der Waals surface area contributed by atoms with E-state index >= 15 is 0 Å². The van der Waals surface area contributed by atoms with Gasteiger partial charge in [0.2, 0.25) is 0 Å². The lowest BCUT2D eigenvalue weighted by Gasteiger charge is -2.31. The fourth-order valence-electron chi connectivity index (χ4n) is 2.64. The van der Waals surface area contributed by atoms with Gasteiger partial charge in [0, 0.05) is 17.2 Å². The van der Waals surface area contributed by atoms with Gasteiger partial charge in [0.1, 0.15) is 6.10 Å². The van der Waals surface area contributed by atoms with Crippen molar-refractivity contribution in [3.05, 3.63) is 71.6 Å². The molecule has 2 aromatic carbocycles. The monoisotopic (exact) mass is 402 g/mol. The number of nitrogens with one attached hydrogen (secondary N) is 2. The SMILES string of the molecule is Cc1ccc(NC(=O)O[C@@H](c2ccc(O)c(F)c2)C(C)(C)/C=C/C(=O)NO)cc1. The van der Waals surface area contributed by atoms with E-state index in [1.165, 1.54) is 17.6 Å². The second-order valence-corrected chi connectivity index (χ2v) is 7.12. The van der Waals surface area contributed by atoms with E-state index in [-0.39, 0.29) is 5.56 Å². The van der Waals surface area contributed by atoms with Crippen LogP contribution in [0.5, 0.6) is 5.75 Å². The molecule has 0 unspecified atom stereocenters. The van der Waals surface area contributed by atoms with Gasteiger partial charge in [-0.1, -0.05) is 43.7 Å². The van der Waals surface area contributed by atoms with Gasteiger partial charge in [-0.3, -0.25) is 15.3 Å². The number of halogens is 1. The Bertz CT molecular complexity index is 910. The molecule has 0 saturated carbocycles. The van der Waals surface area contributed by atoms with Crippen LogP contribution in [-0.2, 0) is 9.53 Å². The van der Waals surface area contributed by atoms with E-state index in [0.717, 1.165) is 23.8 Å². The summed E-state index contributed by atoms with van der Waals surface area (Å²) < 4.78 is 19.4. The number of benzene rings is 2. The minimum Gasteiger partial charge on any atom is -0.505 e. The number of rotatable bonds is 6. The predicted octanol–water partition coefficient (Wildman–Crippen LogP) is 4.22. The zero-order chi connectivity index (χ0) is 21.6. The van der Waals surface area contributed by atoms with Crippen LogP contribution in [-0.4, -0.2) is 22.3 Å². The molecule has 0 radical (unpaired) electrons. The number of hydrogen-bond donors (Lipinski definition) is 4. The molecule has 154 valence electrons. The highest BCUT2D eigenvalue weighted by Gasteiger charge is 2.33. The second kappa shape index (κ2) is 9.20. The molecule has 2 rings (SSSR count). The standard InChI is InChI=1S/C21H23FN2O5/c1-13-4-7-15(8-5-13)23-20(27)29-19(14-6-9-17(25)16(22)12-14)21(2,3)11-10-18(26)24-28/h4-12,19,25,28H,1-3H3,(H,23,27)(H,24,26)/b11-10+/t19-/m0/s1. The molecule has 0 heterocycles. The Labute approximate surface area is 167 Å². The highest BCUT2D eigenvalue weighted by molar-refractivity contribution is 5.86. The number of phenolic OH excluding ortho intramolecular Hbond substituents is 1. The quantitative estimate of drug-likeness (QED) is 0.329. The summed E-state index contributed by atoms with van der Waals surface area (Å²) >= 11 is 0. The van der Waals surface area contributed by atoms with Gasteiger partial charge in [-0.25, -0.2) is 14.7 Å². The van der Waals surface area contributed by atoms with Crippen molar-refractivity contribution in [1.29, 1.82) is 0 Å². The molecule has 0 aromatic heterocycles. The van der Waals surface area contributed by atoms with Gasteiger partial charge in [-0.2, -0.15) is 0 Å². The van der Waals surface area contributed by atoms with Gasteiger partial charge in [0.25, 0.3) is 5.91 Å². The second-order valence-electron chi connectivity index (χ2n) is 7.12. The average Bonchev–Trinajstić information content (AvgIpc) is 2.68. The van der Waals surface area contributed by atoms with Crippen molar-refractivity contribution in [3.8, 4) is 5.75 Å². The summed E-state index contributed by atoms with van der Waals surface area (Å²) in [6, 6.07) is 10.7. The van der Waals surface area contributed by atoms with Crippen molar-refractivity contribution in [2.45, 2.75) is 26.9 Å². The summed E-state index contributed by atoms with van der Waals surface area (Å²) in [7, 11) is 0. The van der Waals surface area contributed by atoms with Crippen molar-refractivity contribution in [2.75, 3.05) is 5.32 Å². The lowest BCUT2D eigenvalue weighted by molar-refractivity contribution is -0.124. The highest BCUT2D eigenvalue weighted by atomic mass is 19.1. The number of hydrogen-bond acceptors (Lipinski definition) is 5. The molecule has 1 atom stereocenters. The molecule has 2 aromatic rings. The lowest BCUT2D eigenvalue weighted by atomic mass is 9.82. The zero-order valence-corrected chi connectivity index (χ0v) is 16.3. The fraction of sp³-hybridized carbons (Fsp3) is 0.238. The summed E-state index contributed by atoms with van der Waals surface area (Å²) in [5.74, 6) is -2.18. The van der Waals surface area contributed by atoms with E-state index in [1.54, 1.807) is 26.0 Å². The molecule has 7 nitrogen and oxygen atoms in total. The first-order chi connectivity index (χ1) is 13.6. The van der Waals surface area contributed by atoms with Crippen molar-refractivity contribution >= 4 is 17.7 Å². The third-order valence-electron chi connectivity index (χ3n) is 4.25. The molecule has 0 bridgehead atoms. The fourth-order valence-corrected chi connectivity index (χ4v) is 2.64. The highest BCUT2D eigenvalue weighted by Crippen LogP contribution is 2.39. The smallest absolute Gasteiger partial charge is 0.412 e. The van der Waals surface area contributed by atoms with E-state index in [1.807, 2.05) is 19.1 Å². The van der Waals surface area contributed by atoms with Crippen molar-refractivity contribution in [3.63, 3.8) is 0 Å². The number of carbonyl (C=O) groups excluding carboxylic acids is 2. The Morgan fingerprint density at radius 2 is 1.83 bits per heavy atom. The van der Waals surface area contributed by atoms with Crippen LogP contribution in [0.4, 0.5) is 14.9 Å². The van der Waals surface area contributed by atoms with Gasteiger partial charge in [0.05, 0.1) is 0 Å². The Kier molecular flexibility index (Phi) is 6.95. The minimum absolute atomic E-state index is 0.276. The summed E-state index contributed by atoms with van der Waals surface area (Å²) in [6.45, 7) is 5.25. The van der Waals surface area contributed by atoms with Crippen molar-refractivity contribution in [1.82, 2.24) is 5.48 Å². The molecule has 0 aliphatic rings. The topological polar surface area (TPSA) is 108 Å². The first-order valence-electron chi connectivity index (χ1n) is 8.78. The maximum absolute atomic E-state index is 13.9. The number of aryl methyl sites for hydroxylation is 1. The van der Waals surface area contributed by atoms with Crippen LogP contribution < -0.4 is 10.8 Å². The molecule has 0 aliphatic heterocycles. The van der Waals surface area contributed by atoms with Crippen LogP contribution in [0.2, 0.25) is 0 Å². The van der Waals surface area contributed by atoms with Crippen LogP contribution >= 0.6 is 0 Å². The van der Waals surface area contributed by atoms with Gasteiger partial charge in [-0.15, -0.1) is 0 Å². The van der Waals surface area contributed by atoms with Crippen LogP contribution in [0, 0.1) is 18.2 Å². The number of carbonyl (C=O) groups is 2. The number of amides is 2. The van der Waals surface area contributed by atoms with Crippen LogP contribution in [0.1, 0.15) is 31.1 Å². The molecule has 29 heavy (non-hydrogen) atoms. The normalized spacial score (nSPS) is 12.4. The summed E-state index contributed by atoms with van der Waals surface area (Å²) in [5, 5.41) is 20.7. The minimum atomic E-state index is -1.01. The van der Waals surface area contributed by atoms with Crippen molar-refractivity contribution < 1.29 is 29.0 Å². The molecule has 0 fully saturated rings. The van der Waals surface area contributed by atoms with E-state index in [9.17, 15) is 19.1 Å². The molecule has 2 amide bonds. The van der Waals surface area contributed by atoms with E-state index in [0.29, 0.717) is 5.69 Å². The zero-order valence-electron chi connectivity index (χ0n) is 16.3. The first-order valence-corrected chi connectivity index (χ1v) is 8.78. The van der Waals surface area contributed by atoms with Crippen LogP contribution in [0.25, 0.3) is 0 Å². The average molecular weight is 402 g/mol. The molecule has 0 spiro atoms. The Morgan fingerprint density at radius 3 is 2.41 bits per heavy atom. The molecular formula is C21H23FN2O5. The molecule has 8 heteroatoms. The molecule has 0 aliphatic carbocycles. The van der Waals surface area contributed by atoms with Gasteiger partial charge >= 0.3 is 6.09 Å². The molecule has 4 N–H and O–H groups in total. The van der Waals surface area contributed by atoms with Gasteiger partial charge < -0.3 is 9.84 Å². The Hall–Kier alpha value is -3.39. The lowest BCUT2D eigenvalue weighted by Crippen LogP contribution is -2.28. The van der Waals surface area contributed by atoms with E-state index in [2.05, 4.69) is 5.32 Å². The molecule has 0 saturated heterocycles. The number of hydroxylamine groups is 1. The first kappa shape index (κ1) is 21.9. The largest absolute Gasteiger partial charge is 0.505 e.